The first-order valence-electron chi connectivity index (χ1n) is 5.70. The molecule has 94 valence electrons. The summed E-state index contributed by atoms with van der Waals surface area (Å²) in [6.45, 7) is 4.19. The molecule has 0 aromatic heterocycles. The van der Waals surface area contributed by atoms with Crippen molar-refractivity contribution in [3.05, 3.63) is 48.6 Å². The highest BCUT2D eigenvalue weighted by Gasteiger charge is 2.19. The lowest BCUT2D eigenvalue weighted by Crippen LogP contribution is -2.24. The van der Waals surface area contributed by atoms with Gasteiger partial charge in [-0.2, -0.15) is 0 Å². The van der Waals surface area contributed by atoms with E-state index in [-0.39, 0.29) is 19.3 Å². The number of hydrogen-bond donors (Lipinski definition) is 1. The molecule has 2 atom stereocenters. The van der Waals surface area contributed by atoms with Gasteiger partial charge in [-0.05, 0) is 12.0 Å². The number of allylic oxidation sites excluding steroid dienone is 1. The summed E-state index contributed by atoms with van der Waals surface area (Å²) < 4.78 is 9.97. The van der Waals surface area contributed by atoms with Gasteiger partial charge in [0.25, 0.3) is 0 Å². The van der Waals surface area contributed by atoms with Gasteiger partial charge in [0.2, 0.25) is 0 Å². The van der Waals surface area contributed by atoms with Crippen LogP contribution in [-0.2, 0) is 9.47 Å². The smallest absolute Gasteiger partial charge is 0.146 e. The van der Waals surface area contributed by atoms with Crippen molar-refractivity contribution in [3.63, 3.8) is 0 Å². The fourth-order valence-electron chi connectivity index (χ4n) is 1.76. The first-order valence-corrected chi connectivity index (χ1v) is 5.70. The third-order valence-corrected chi connectivity index (χ3v) is 2.60. The molecule has 0 fully saturated rings. The fourth-order valence-corrected chi connectivity index (χ4v) is 1.76. The molecule has 0 radical (unpaired) electrons. The lowest BCUT2D eigenvalue weighted by Gasteiger charge is -2.22. The molecule has 1 aromatic rings. The summed E-state index contributed by atoms with van der Waals surface area (Å²) in [6.07, 6.45) is 1.99. The van der Waals surface area contributed by atoms with Crippen molar-refractivity contribution >= 4 is 0 Å². The van der Waals surface area contributed by atoms with Crippen LogP contribution in [0.25, 0.3) is 0 Å². The van der Waals surface area contributed by atoms with Crippen LogP contribution in [0.1, 0.15) is 17.9 Å². The van der Waals surface area contributed by atoms with Crippen LogP contribution < -0.4 is 0 Å². The van der Waals surface area contributed by atoms with E-state index in [1.165, 1.54) is 0 Å². The summed E-state index contributed by atoms with van der Waals surface area (Å²) >= 11 is 0. The van der Waals surface area contributed by atoms with Gasteiger partial charge in [0, 0.05) is 13.0 Å². The van der Waals surface area contributed by atoms with E-state index in [0.29, 0.717) is 0 Å². The van der Waals surface area contributed by atoms with Gasteiger partial charge in [-0.1, -0.05) is 36.4 Å². The summed E-state index contributed by atoms with van der Waals surface area (Å²) in [4.78, 5) is 0. The normalized spacial score (nSPS) is 14.2. The number of hydrogen-bond acceptors (Lipinski definition) is 3. The number of rotatable bonds is 8. The van der Waals surface area contributed by atoms with Gasteiger partial charge < -0.3 is 14.6 Å². The van der Waals surface area contributed by atoms with E-state index >= 15 is 0 Å². The molecule has 0 aliphatic carbocycles. The topological polar surface area (TPSA) is 38.7 Å². The van der Waals surface area contributed by atoms with Crippen LogP contribution in [0.4, 0.5) is 0 Å². The predicted octanol–water partition coefficient (Wildman–Crippen LogP) is 2.33. The Morgan fingerprint density at radius 3 is 2.65 bits per heavy atom. The van der Waals surface area contributed by atoms with Crippen LogP contribution >= 0.6 is 0 Å². The van der Waals surface area contributed by atoms with Gasteiger partial charge >= 0.3 is 0 Å². The molecule has 3 nitrogen and oxygen atoms in total. The summed E-state index contributed by atoms with van der Waals surface area (Å²) in [5.41, 5.74) is 1.10. The van der Waals surface area contributed by atoms with E-state index in [0.717, 1.165) is 12.0 Å². The number of benzene rings is 1. The van der Waals surface area contributed by atoms with Crippen molar-refractivity contribution in [3.8, 4) is 0 Å². The van der Waals surface area contributed by atoms with E-state index in [1.807, 2.05) is 36.4 Å². The maximum absolute atomic E-state index is 10.1. The Labute approximate surface area is 103 Å². The summed E-state index contributed by atoms with van der Waals surface area (Å²) in [5.74, 6) is 0.0190. The molecule has 1 aromatic carbocycles. The van der Waals surface area contributed by atoms with Crippen LogP contribution in [-0.4, -0.2) is 31.7 Å². The van der Waals surface area contributed by atoms with Crippen LogP contribution in [0.3, 0.4) is 0 Å². The van der Waals surface area contributed by atoms with Gasteiger partial charge in [-0.15, -0.1) is 6.58 Å². The minimum atomic E-state index is -0.550. The second kappa shape index (κ2) is 8.01. The van der Waals surface area contributed by atoms with E-state index in [9.17, 15) is 5.11 Å². The quantitative estimate of drug-likeness (QED) is 0.428. The van der Waals surface area contributed by atoms with Crippen LogP contribution in [0, 0.1) is 0 Å². The highest BCUT2D eigenvalue weighted by atomic mass is 16.7. The van der Waals surface area contributed by atoms with Crippen LogP contribution in [0.2, 0.25) is 0 Å². The molecule has 1 unspecified atom stereocenters. The highest BCUT2D eigenvalue weighted by Crippen LogP contribution is 2.24. The van der Waals surface area contributed by atoms with E-state index < -0.39 is 6.10 Å². The molecular weight excluding hydrogens is 216 g/mol. The first kappa shape index (κ1) is 13.9. The van der Waals surface area contributed by atoms with Crippen molar-refractivity contribution < 1.29 is 14.6 Å². The van der Waals surface area contributed by atoms with Crippen molar-refractivity contribution in [1.29, 1.82) is 0 Å². The number of aliphatic hydroxyl groups excluding tert-OH is 1. The van der Waals surface area contributed by atoms with E-state index in [2.05, 4.69) is 6.58 Å². The van der Waals surface area contributed by atoms with Crippen molar-refractivity contribution in [1.82, 2.24) is 0 Å². The molecule has 1 N–H and O–H groups in total. The number of ether oxygens (including phenoxy) is 2. The lowest BCUT2D eigenvalue weighted by molar-refractivity contribution is -0.0662. The zero-order chi connectivity index (χ0) is 12.5. The third-order valence-electron chi connectivity index (χ3n) is 2.60. The number of aliphatic hydroxyl groups is 1. The Balaban J connectivity index is 2.61. The molecule has 0 aliphatic heterocycles. The molecule has 0 bridgehead atoms. The molecular formula is C14H20O3. The van der Waals surface area contributed by atoms with Crippen LogP contribution in [0.15, 0.2) is 43.0 Å². The first-order chi connectivity index (χ1) is 8.29. The number of methoxy groups -OCH3 is 1. The Kier molecular flexibility index (Phi) is 6.55. The monoisotopic (exact) mass is 236 g/mol. The second-order valence-corrected chi connectivity index (χ2v) is 3.89. The predicted molar refractivity (Wildman–Crippen MR) is 67.8 cm³/mol. The SMILES string of the molecule is C=CCC(c1ccccc1)[C@@H](O)COCOC. The van der Waals surface area contributed by atoms with Crippen molar-refractivity contribution in [2.45, 2.75) is 18.4 Å². The Hall–Kier alpha value is -1.16. The molecule has 17 heavy (non-hydrogen) atoms. The van der Waals surface area contributed by atoms with Gasteiger partial charge in [0.15, 0.2) is 0 Å². The van der Waals surface area contributed by atoms with Gasteiger partial charge in [0.1, 0.15) is 6.79 Å². The zero-order valence-corrected chi connectivity index (χ0v) is 10.2. The third kappa shape index (κ3) is 4.69. The van der Waals surface area contributed by atoms with Crippen molar-refractivity contribution in [2.75, 3.05) is 20.5 Å². The maximum Gasteiger partial charge on any atom is 0.146 e. The van der Waals surface area contributed by atoms with Gasteiger partial charge in [-0.3, -0.25) is 0 Å². The summed E-state index contributed by atoms with van der Waals surface area (Å²) in [5, 5.41) is 10.1. The molecule has 3 heteroatoms. The standard InChI is InChI=1S/C14H20O3/c1-3-7-13(12-8-5-4-6-9-12)14(15)10-17-11-16-2/h3-6,8-9,13-15H,1,7,10-11H2,2H3/t13?,14-/m0/s1. The van der Waals surface area contributed by atoms with Crippen LogP contribution in [0.5, 0.6) is 0 Å². The largest absolute Gasteiger partial charge is 0.390 e. The van der Waals surface area contributed by atoms with E-state index in [1.54, 1.807) is 7.11 Å². The zero-order valence-electron chi connectivity index (χ0n) is 10.2. The molecule has 0 saturated carbocycles. The van der Waals surface area contributed by atoms with Crippen molar-refractivity contribution in [2.24, 2.45) is 0 Å². The molecule has 0 amide bonds. The average molecular weight is 236 g/mol. The van der Waals surface area contributed by atoms with Gasteiger partial charge in [-0.25, -0.2) is 0 Å². The molecule has 1 rings (SSSR count). The lowest BCUT2D eigenvalue weighted by atomic mass is 9.91. The Bertz CT molecular complexity index is 311. The van der Waals surface area contributed by atoms with E-state index in [4.69, 9.17) is 9.47 Å². The average Bonchev–Trinajstić information content (AvgIpc) is 2.37. The minimum absolute atomic E-state index is 0.0190. The second-order valence-electron chi connectivity index (χ2n) is 3.89. The Morgan fingerprint density at radius 1 is 1.35 bits per heavy atom. The summed E-state index contributed by atoms with van der Waals surface area (Å²) in [6, 6.07) is 9.91. The molecule has 0 spiro atoms. The molecule has 0 aliphatic rings. The fraction of sp³-hybridized carbons (Fsp3) is 0.429. The Morgan fingerprint density at radius 2 is 2.06 bits per heavy atom. The van der Waals surface area contributed by atoms with Gasteiger partial charge in [0.05, 0.1) is 12.7 Å². The minimum Gasteiger partial charge on any atom is -0.390 e. The maximum atomic E-state index is 10.1. The molecule has 0 saturated heterocycles. The highest BCUT2D eigenvalue weighted by molar-refractivity contribution is 5.21. The molecule has 0 heterocycles. The summed E-state index contributed by atoms with van der Waals surface area (Å²) in [7, 11) is 1.56.